The number of thiazole rings is 1. The molecule has 1 heterocycles. The molecule has 2 aromatic carbocycles. The van der Waals surface area contributed by atoms with Gasteiger partial charge in [-0.1, -0.05) is 27.3 Å². The smallest absolute Gasteiger partial charge is 0.266 e. The fourth-order valence-corrected chi connectivity index (χ4v) is 4.33. The lowest BCUT2D eigenvalue weighted by molar-refractivity contribution is -0.120. The van der Waals surface area contributed by atoms with Crippen molar-refractivity contribution in [1.82, 2.24) is 9.88 Å². The third-order valence-electron chi connectivity index (χ3n) is 4.28. The number of hydrogen-bond acceptors (Lipinski definition) is 6. The fourth-order valence-electron chi connectivity index (χ4n) is 2.77. The molecule has 0 spiro atoms. The zero-order valence-corrected chi connectivity index (χ0v) is 20.3. The molecule has 0 N–H and O–H groups in total. The highest BCUT2D eigenvalue weighted by molar-refractivity contribution is 9.10. The molecule has 0 aliphatic heterocycles. The van der Waals surface area contributed by atoms with Crippen molar-refractivity contribution in [3.63, 3.8) is 0 Å². The van der Waals surface area contributed by atoms with Crippen LogP contribution in [-0.2, 0) is 4.79 Å². The van der Waals surface area contributed by atoms with Crippen LogP contribution in [0.25, 0.3) is 10.2 Å². The van der Waals surface area contributed by atoms with Gasteiger partial charge in [0.15, 0.2) is 11.7 Å². The highest BCUT2D eigenvalue weighted by Gasteiger charge is 2.20. The van der Waals surface area contributed by atoms with E-state index in [1.54, 1.807) is 36.3 Å². The number of ether oxygens (including phenoxy) is 2. The summed E-state index contributed by atoms with van der Waals surface area (Å²) in [6, 6.07) is 13.1. The molecule has 6 nitrogen and oxygen atoms in total. The Labute approximate surface area is 195 Å². The molecule has 1 aromatic heterocycles. The molecular formula is C21H25BrClN3O3S. The first-order chi connectivity index (χ1) is 14.0. The van der Waals surface area contributed by atoms with E-state index >= 15 is 0 Å². The minimum absolute atomic E-state index is 0. The first-order valence-corrected chi connectivity index (χ1v) is 10.9. The summed E-state index contributed by atoms with van der Waals surface area (Å²) in [4.78, 5) is 21.5. The van der Waals surface area contributed by atoms with Crippen LogP contribution in [0.4, 0.5) is 5.13 Å². The second kappa shape index (κ2) is 11.5. The van der Waals surface area contributed by atoms with Crippen LogP contribution in [-0.4, -0.2) is 56.7 Å². The zero-order chi connectivity index (χ0) is 20.8. The predicted molar refractivity (Wildman–Crippen MR) is 129 cm³/mol. The van der Waals surface area contributed by atoms with Crippen molar-refractivity contribution in [1.29, 1.82) is 0 Å². The number of benzene rings is 2. The molecule has 1 amide bonds. The van der Waals surface area contributed by atoms with Crippen LogP contribution in [0.15, 0.2) is 46.9 Å². The second-order valence-electron chi connectivity index (χ2n) is 6.77. The molecule has 3 aromatic rings. The predicted octanol–water partition coefficient (Wildman–Crippen LogP) is 4.85. The maximum absolute atomic E-state index is 13.0. The van der Waals surface area contributed by atoms with Crippen LogP contribution < -0.4 is 14.4 Å². The van der Waals surface area contributed by atoms with E-state index in [9.17, 15) is 4.79 Å². The summed E-state index contributed by atoms with van der Waals surface area (Å²) in [5, 5.41) is 0.695. The van der Waals surface area contributed by atoms with Gasteiger partial charge in [0, 0.05) is 11.0 Å². The molecule has 0 fully saturated rings. The second-order valence-corrected chi connectivity index (χ2v) is 8.70. The number of hydrogen-bond donors (Lipinski definition) is 0. The maximum atomic E-state index is 13.0. The van der Waals surface area contributed by atoms with E-state index in [4.69, 9.17) is 9.47 Å². The van der Waals surface area contributed by atoms with Gasteiger partial charge in [0.2, 0.25) is 0 Å². The first-order valence-electron chi connectivity index (χ1n) is 9.24. The van der Waals surface area contributed by atoms with Crippen molar-refractivity contribution >= 4 is 60.9 Å². The summed E-state index contributed by atoms with van der Waals surface area (Å²) in [5.74, 6) is 1.26. The van der Waals surface area contributed by atoms with E-state index in [1.807, 2.05) is 32.3 Å². The highest BCUT2D eigenvalue weighted by atomic mass is 79.9. The van der Waals surface area contributed by atoms with E-state index in [-0.39, 0.29) is 24.9 Å². The fraction of sp³-hybridized carbons (Fsp3) is 0.333. The van der Waals surface area contributed by atoms with Crippen LogP contribution in [0.5, 0.6) is 11.5 Å². The molecule has 9 heteroatoms. The lowest BCUT2D eigenvalue weighted by Crippen LogP contribution is -2.36. The zero-order valence-electron chi connectivity index (χ0n) is 17.1. The van der Waals surface area contributed by atoms with Crippen molar-refractivity contribution < 1.29 is 14.3 Å². The van der Waals surface area contributed by atoms with E-state index in [1.165, 1.54) is 11.3 Å². The molecule has 0 unspecified atom stereocenters. The van der Waals surface area contributed by atoms with Gasteiger partial charge in [-0.05, 0) is 69.5 Å². The summed E-state index contributed by atoms with van der Waals surface area (Å²) >= 11 is 5.00. The van der Waals surface area contributed by atoms with E-state index in [0.29, 0.717) is 17.4 Å². The lowest BCUT2D eigenvalue weighted by atomic mass is 10.3. The molecule has 0 radical (unpaired) electrons. The molecule has 0 aliphatic carbocycles. The number of carbonyl (C=O) groups excluding carboxylic acids is 1. The van der Waals surface area contributed by atoms with Gasteiger partial charge in [-0.2, -0.15) is 0 Å². The molecular weight excluding hydrogens is 490 g/mol. The van der Waals surface area contributed by atoms with Crippen molar-refractivity contribution in [2.45, 2.75) is 6.42 Å². The quantitative estimate of drug-likeness (QED) is 0.408. The van der Waals surface area contributed by atoms with Crippen molar-refractivity contribution in [3.8, 4) is 11.5 Å². The molecule has 0 saturated carbocycles. The van der Waals surface area contributed by atoms with Crippen molar-refractivity contribution in [2.24, 2.45) is 0 Å². The lowest BCUT2D eigenvalue weighted by Gasteiger charge is -2.21. The van der Waals surface area contributed by atoms with Gasteiger partial charge in [-0.25, -0.2) is 4.98 Å². The minimum Gasteiger partial charge on any atom is -0.497 e. The standard InChI is InChI=1S/C21H24BrN3O3S.ClH/c1-24(2)11-4-12-25(21-23-18-10-5-15(22)13-19(18)29-21)20(26)14-28-17-8-6-16(27-3)7-9-17;/h5-10,13H,4,11-12,14H2,1-3H3;1H. The van der Waals surface area contributed by atoms with Crippen LogP contribution >= 0.6 is 39.7 Å². The molecule has 0 saturated heterocycles. The number of carbonyl (C=O) groups is 1. The average molecular weight is 515 g/mol. The molecule has 162 valence electrons. The number of fused-ring (bicyclic) bond motifs is 1. The van der Waals surface area contributed by atoms with Crippen molar-refractivity contribution in [3.05, 3.63) is 46.9 Å². The van der Waals surface area contributed by atoms with E-state index < -0.39 is 0 Å². The summed E-state index contributed by atoms with van der Waals surface area (Å²) in [6.07, 6.45) is 0.848. The maximum Gasteiger partial charge on any atom is 0.266 e. The minimum atomic E-state index is -0.113. The number of aromatic nitrogens is 1. The van der Waals surface area contributed by atoms with Gasteiger partial charge in [-0.15, -0.1) is 12.4 Å². The van der Waals surface area contributed by atoms with Crippen LogP contribution in [0, 0.1) is 0 Å². The SMILES string of the molecule is COc1ccc(OCC(=O)N(CCCN(C)C)c2nc3ccc(Br)cc3s2)cc1.Cl. The van der Waals surface area contributed by atoms with Gasteiger partial charge in [0.1, 0.15) is 11.5 Å². The van der Waals surface area contributed by atoms with Crippen molar-refractivity contribution in [2.75, 3.05) is 45.8 Å². The number of nitrogens with zero attached hydrogens (tertiary/aromatic N) is 3. The molecule has 30 heavy (non-hydrogen) atoms. The number of rotatable bonds is 9. The monoisotopic (exact) mass is 513 g/mol. The number of anilines is 1. The first kappa shape index (κ1) is 24.4. The number of halogens is 2. The average Bonchev–Trinajstić information content (AvgIpc) is 3.12. The van der Waals surface area contributed by atoms with Gasteiger partial charge >= 0.3 is 0 Å². The Kier molecular flexibility index (Phi) is 9.36. The van der Waals surface area contributed by atoms with Crippen LogP contribution in [0.3, 0.4) is 0 Å². The third-order valence-corrected chi connectivity index (χ3v) is 5.81. The molecule has 0 atom stereocenters. The Morgan fingerprint density at radius 3 is 2.47 bits per heavy atom. The Morgan fingerprint density at radius 2 is 1.80 bits per heavy atom. The molecule has 3 rings (SSSR count). The van der Waals surface area contributed by atoms with E-state index in [2.05, 4.69) is 25.8 Å². The van der Waals surface area contributed by atoms with Crippen LogP contribution in [0.1, 0.15) is 6.42 Å². The normalized spacial score (nSPS) is 10.7. The topological polar surface area (TPSA) is 54.9 Å². The van der Waals surface area contributed by atoms with Gasteiger partial charge in [0.05, 0.1) is 17.3 Å². The third kappa shape index (κ3) is 6.57. The largest absolute Gasteiger partial charge is 0.497 e. The summed E-state index contributed by atoms with van der Waals surface area (Å²) < 4.78 is 12.9. The summed E-state index contributed by atoms with van der Waals surface area (Å²) in [5.41, 5.74) is 0.884. The molecule has 0 bridgehead atoms. The Balaban J connectivity index is 0.00000320. The Morgan fingerprint density at radius 1 is 1.10 bits per heavy atom. The molecule has 0 aliphatic rings. The van der Waals surface area contributed by atoms with Gasteiger partial charge in [-0.3, -0.25) is 9.69 Å². The van der Waals surface area contributed by atoms with Gasteiger partial charge < -0.3 is 14.4 Å². The van der Waals surface area contributed by atoms with Gasteiger partial charge in [0.25, 0.3) is 5.91 Å². The summed E-state index contributed by atoms with van der Waals surface area (Å²) in [7, 11) is 5.66. The Hall–Kier alpha value is -1.87. The number of methoxy groups -OCH3 is 1. The number of amides is 1. The van der Waals surface area contributed by atoms with E-state index in [0.717, 1.165) is 33.4 Å². The van der Waals surface area contributed by atoms with Crippen LogP contribution in [0.2, 0.25) is 0 Å². The highest BCUT2D eigenvalue weighted by Crippen LogP contribution is 2.31. The Bertz CT molecular complexity index is 966. The summed E-state index contributed by atoms with van der Waals surface area (Å²) in [6.45, 7) is 1.43.